The Morgan fingerprint density at radius 1 is 1.26 bits per heavy atom. The molecule has 3 rings (SSSR count). The molecule has 0 radical (unpaired) electrons. The Hall–Kier alpha value is -4.50. The molecule has 222 valence electrons. The van der Waals surface area contributed by atoms with Crippen LogP contribution in [0, 0.1) is 27.4 Å². The number of esters is 1. The molecular weight excluding hydrogens is 566 g/mol. The highest BCUT2D eigenvalue weighted by Gasteiger charge is 2.35. The van der Waals surface area contributed by atoms with Crippen molar-refractivity contribution in [3.63, 3.8) is 0 Å². The van der Waals surface area contributed by atoms with Gasteiger partial charge in [0.15, 0.2) is 0 Å². The van der Waals surface area contributed by atoms with Gasteiger partial charge in [-0.25, -0.2) is 9.59 Å². The predicted octanol–water partition coefficient (Wildman–Crippen LogP) is 4.44. The number of urea groups is 1. The monoisotopic (exact) mass is 597 g/mol. The number of imide groups is 1. The number of nitrogens with one attached hydrogen (secondary N) is 2. The number of nitro groups is 1. The number of hydrogen-bond acceptors (Lipinski definition) is 8. The van der Waals surface area contributed by atoms with E-state index in [1.54, 1.807) is 32.9 Å². The van der Waals surface area contributed by atoms with Crippen LogP contribution in [0.2, 0.25) is 5.02 Å². The summed E-state index contributed by atoms with van der Waals surface area (Å²) in [6, 6.07) is 9.02. The van der Waals surface area contributed by atoms with Crippen LogP contribution in [0.3, 0.4) is 0 Å². The number of hydrogen-bond donors (Lipinski definition) is 2. The second kappa shape index (κ2) is 13.4. The van der Waals surface area contributed by atoms with Crippen molar-refractivity contribution in [3.05, 3.63) is 73.8 Å². The third-order valence-electron chi connectivity index (χ3n) is 6.48. The standard InChI is InChI=1S/C29H32ClN5O7/c1-5-6-23(17-8-10-22(24(13-17)35(40)41)27(38)42-29(2,3)4)33-28(39)34-16-25(36)32-15-20(26(34)37)11-19-12-21(30)9-7-18(19)14-31/h7-10,12-13,20,23H,5-6,11,15-16H2,1-4H3,(H,32,36)(H,33,39)/t20-,23+/m0/s1. The molecule has 1 aliphatic heterocycles. The Morgan fingerprint density at radius 3 is 2.60 bits per heavy atom. The first-order valence-corrected chi connectivity index (χ1v) is 13.7. The summed E-state index contributed by atoms with van der Waals surface area (Å²) in [5.74, 6) is -2.89. The van der Waals surface area contributed by atoms with Gasteiger partial charge in [0, 0.05) is 17.6 Å². The molecule has 0 bridgehead atoms. The largest absolute Gasteiger partial charge is 0.456 e. The van der Waals surface area contributed by atoms with Crippen molar-refractivity contribution in [1.82, 2.24) is 15.5 Å². The van der Waals surface area contributed by atoms with E-state index >= 15 is 0 Å². The number of carbonyl (C=O) groups excluding carboxylic acids is 4. The maximum absolute atomic E-state index is 13.5. The zero-order valence-corrected chi connectivity index (χ0v) is 24.5. The summed E-state index contributed by atoms with van der Waals surface area (Å²) in [6.07, 6.45) is 0.971. The molecule has 1 heterocycles. The molecule has 13 heteroatoms. The molecule has 12 nitrogen and oxygen atoms in total. The first kappa shape index (κ1) is 32.0. The fraction of sp³-hybridized carbons (Fsp3) is 0.414. The molecular formula is C29H32ClN5O7. The summed E-state index contributed by atoms with van der Waals surface area (Å²) in [7, 11) is 0. The SMILES string of the molecule is CCC[C@@H](NC(=O)N1CC(=O)NC[C@H](Cc2cc(Cl)ccc2C#N)C1=O)c1ccc(C(=O)OC(C)(C)C)c([N+](=O)[O-])c1. The normalized spacial score (nSPS) is 16.1. The van der Waals surface area contributed by atoms with Gasteiger partial charge in [-0.05, 0) is 69.0 Å². The number of carbonyl (C=O) groups is 4. The van der Waals surface area contributed by atoms with Gasteiger partial charge in [0.1, 0.15) is 17.7 Å². The lowest BCUT2D eigenvalue weighted by Gasteiger charge is -2.26. The van der Waals surface area contributed by atoms with Gasteiger partial charge >= 0.3 is 12.0 Å². The second-order valence-corrected chi connectivity index (χ2v) is 11.3. The highest BCUT2D eigenvalue weighted by atomic mass is 35.5. The summed E-state index contributed by atoms with van der Waals surface area (Å²) in [5.41, 5.74) is -0.434. The van der Waals surface area contributed by atoms with Crippen LogP contribution in [-0.4, -0.2) is 52.3 Å². The fourth-order valence-corrected chi connectivity index (χ4v) is 4.71. The molecule has 0 aliphatic carbocycles. The Kier molecular flexibility index (Phi) is 10.2. The highest BCUT2D eigenvalue weighted by molar-refractivity contribution is 6.30. The van der Waals surface area contributed by atoms with Crippen LogP contribution in [-0.2, 0) is 20.7 Å². The molecule has 0 saturated carbocycles. The smallest absolute Gasteiger partial charge is 0.345 e. The number of halogens is 1. The summed E-state index contributed by atoms with van der Waals surface area (Å²) in [4.78, 5) is 63.9. The molecule has 0 spiro atoms. The number of rotatable bonds is 8. The van der Waals surface area contributed by atoms with Crippen LogP contribution in [0.4, 0.5) is 10.5 Å². The van der Waals surface area contributed by atoms with Crippen LogP contribution >= 0.6 is 11.6 Å². The minimum Gasteiger partial charge on any atom is -0.456 e. The number of nitriles is 1. The third kappa shape index (κ3) is 8.04. The van der Waals surface area contributed by atoms with E-state index < -0.39 is 58.5 Å². The van der Waals surface area contributed by atoms with Crippen LogP contribution in [0.5, 0.6) is 0 Å². The molecule has 1 fully saturated rings. The summed E-state index contributed by atoms with van der Waals surface area (Å²) in [5, 5.41) is 27.0. The van der Waals surface area contributed by atoms with Crippen molar-refractivity contribution < 1.29 is 28.8 Å². The van der Waals surface area contributed by atoms with Crippen LogP contribution in [0.1, 0.15) is 73.6 Å². The van der Waals surface area contributed by atoms with E-state index in [1.807, 2.05) is 6.92 Å². The van der Waals surface area contributed by atoms with E-state index in [-0.39, 0.29) is 18.5 Å². The maximum Gasteiger partial charge on any atom is 0.345 e. The first-order chi connectivity index (χ1) is 19.7. The van der Waals surface area contributed by atoms with Crippen molar-refractivity contribution in [2.75, 3.05) is 13.1 Å². The van der Waals surface area contributed by atoms with Crippen molar-refractivity contribution in [3.8, 4) is 6.07 Å². The van der Waals surface area contributed by atoms with Gasteiger partial charge in [-0.2, -0.15) is 5.26 Å². The molecule has 4 amide bonds. The summed E-state index contributed by atoms with van der Waals surface area (Å²) >= 11 is 6.09. The van der Waals surface area contributed by atoms with Gasteiger partial charge < -0.3 is 15.4 Å². The number of amides is 4. The van der Waals surface area contributed by atoms with E-state index in [0.29, 0.717) is 34.6 Å². The average Bonchev–Trinajstić information content (AvgIpc) is 3.05. The molecule has 2 aromatic carbocycles. The topological polar surface area (TPSA) is 172 Å². The lowest BCUT2D eigenvalue weighted by atomic mass is 9.95. The summed E-state index contributed by atoms with van der Waals surface area (Å²) < 4.78 is 5.29. The molecule has 2 atom stereocenters. The third-order valence-corrected chi connectivity index (χ3v) is 6.71. The lowest BCUT2D eigenvalue weighted by molar-refractivity contribution is -0.385. The molecule has 42 heavy (non-hydrogen) atoms. The van der Waals surface area contributed by atoms with Gasteiger partial charge in [-0.3, -0.25) is 24.6 Å². The van der Waals surface area contributed by atoms with Gasteiger partial charge in [-0.15, -0.1) is 0 Å². The van der Waals surface area contributed by atoms with E-state index in [1.165, 1.54) is 24.3 Å². The minimum absolute atomic E-state index is 0.0461. The highest BCUT2D eigenvalue weighted by Crippen LogP contribution is 2.29. The zero-order valence-electron chi connectivity index (χ0n) is 23.7. The molecule has 1 aliphatic rings. The predicted molar refractivity (Wildman–Crippen MR) is 153 cm³/mol. The van der Waals surface area contributed by atoms with Crippen LogP contribution in [0.15, 0.2) is 36.4 Å². The lowest BCUT2D eigenvalue weighted by Crippen LogP contribution is -2.48. The van der Waals surface area contributed by atoms with Gasteiger partial charge in [0.25, 0.3) is 5.69 Å². The van der Waals surface area contributed by atoms with Gasteiger partial charge in [-0.1, -0.05) is 31.0 Å². The van der Waals surface area contributed by atoms with Crippen LogP contribution < -0.4 is 10.6 Å². The zero-order chi connectivity index (χ0) is 31.2. The van der Waals surface area contributed by atoms with E-state index in [4.69, 9.17) is 16.3 Å². The summed E-state index contributed by atoms with van der Waals surface area (Å²) in [6.45, 7) is 6.20. The van der Waals surface area contributed by atoms with E-state index in [2.05, 4.69) is 16.7 Å². The van der Waals surface area contributed by atoms with Crippen molar-refractivity contribution in [2.24, 2.45) is 5.92 Å². The second-order valence-electron chi connectivity index (χ2n) is 10.9. The Bertz CT molecular complexity index is 1450. The van der Waals surface area contributed by atoms with Crippen molar-refractivity contribution >= 4 is 41.1 Å². The molecule has 2 aromatic rings. The molecule has 1 saturated heterocycles. The fourth-order valence-electron chi connectivity index (χ4n) is 4.52. The maximum atomic E-state index is 13.5. The van der Waals surface area contributed by atoms with Crippen molar-refractivity contribution in [2.45, 2.75) is 58.6 Å². The number of ether oxygens (including phenoxy) is 1. The number of benzene rings is 2. The number of nitrogens with zero attached hydrogens (tertiary/aromatic N) is 3. The van der Waals surface area contributed by atoms with Gasteiger partial charge in [0.05, 0.1) is 28.5 Å². The Morgan fingerprint density at radius 2 is 1.98 bits per heavy atom. The Labute approximate surface area is 248 Å². The first-order valence-electron chi connectivity index (χ1n) is 13.3. The molecule has 0 aromatic heterocycles. The number of nitro benzene ring substituents is 1. The van der Waals surface area contributed by atoms with Crippen LogP contribution in [0.25, 0.3) is 0 Å². The quantitative estimate of drug-likeness (QED) is 0.255. The molecule has 0 unspecified atom stereocenters. The van der Waals surface area contributed by atoms with Gasteiger partial charge in [0.2, 0.25) is 11.8 Å². The Balaban J connectivity index is 1.88. The van der Waals surface area contributed by atoms with E-state index in [0.717, 1.165) is 4.90 Å². The van der Waals surface area contributed by atoms with Crippen molar-refractivity contribution in [1.29, 1.82) is 5.26 Å². The molecule has 2 N–H and O–H groups in total. The van der Waals surface area contributed by atoms with E-state index in [9.17, 15) is 34.6 Å². The minimum atomic E-state index is -0.866. The average molecular weight is 598 g/mol.